The summed E-state index contributed by atoms with van der Waals surface area (Å²) in [5.74, 6) is 1.87. The molecule has 0 amide bonds. The van der Waals surface area contributed by atoms with Crippen LogP contribution in [-0.4, -0.2) is 13.2 Å². The van der Waals surface area contributed by atoms with Crippen LogP contribution in [0, 0.1) is 0 Å². The number of benzene rings is 2. The van der Waals surface area contributed by atoms with Gasteiger partial charge in [-0.2, -0.15) is 0 Å². The molecule has 0 unspecified atom stereocenters. The minimum absolute atomic E-state index is 0. The lowest BCUT2D eigenvalue weighted by Crippen LogP contribution is -2.03. The molecule has 2 nitrogen and oxygen atoms in total. The van der Waals surface area contributed by atoms with Crippen LogP contribution in [0.5, 0.6) is 11.5 Å². The monoisotopic (exact) mass is 310 g/mol. The van der Waals surface area contributed by atoms with Gasteiger partial charge in [-0.3, -0.25) is 0 Å². The molecule has 0 radical (unpaired) electrons. The van der Waals surface area contributed by atoms with Crippen molar-refractivity contribution in [2.24, 2.45) is 0 Å². The van der Waals surface area contributed by atoms with E-state index in [2.05, 4.69) is 24.3 Å². The first kappa shape index (κ1) is 16.8. The van der Waals surface area contributed by atoms with Gasteiger partial charge >= 0.3 is 0 Å². The van der Waals surface area contributed by atoms with Gasteiger partial charge in [0.2, 0.25) is 0 Å². The quantitative estimate of drug-likeness (QED) is 0.760. The molecule has 0 heterocycles. The highest BCUT2D eigenvalue weighted by molar-refractivity contribution is 7.55. The number of halogens is 1. The van der Waals surface area contributed by atoms with Crippen molar-refractivity contribution in [1.29, 1.82) is 0 Å². The molecule has 2 rings (SSSR count). The third kappa shape index (κ3) is 5.03. The fraction of sp³-hybridized carbons (Fsp3) is 0.250. The van der Waals surface area contributed by atoms with Gasteiger partial charge in [0.25, 0.3) is 0 Å². The molecule has 0 spiro atoms. The van der Waals surface area contributed by atoms with Crippen LogP contribution in [-0.2, 0) is 0 Å². The van der Waals surface area contributed by atoms with E-state index in [9.17, 15) is 0 Å². The molecule has 4 heteroatoms. The van der Waals surface area contributed by atoms with Gasteiger partial charge < -0.3 is 9.47 Å². The van der Waals surface area contributed by atoms with E-state index in [4.69, 9.17) is 9.47 Å². The van der Waals surface area contributed by atoms with Crippen molar-refractivity contribution in [1.82, 2.24) is 0 Å². The molecule has 2 aromatic carbocycles. The van der Waals surface area contributed by atoms with E-state index in [0.717, 1.165) is 11.5 Å². The Hall–Kier alpha value is -1.24. The normalized spacial score (nSPS) is 9.70. The van der Waals surface area contributed by atoms with Gasteiger partial charge in [-0.25, -0.2) is 0 Å². The second-order valence-electron chi connectivity index (χ2n) is 4.04. The highest BCUT2D eigenvalue weighted by atomic mass is 35.5. The summed E-state index contributed by atoms with van der Waals surface area (Å²) >= 11 is 0. The van der Waals surface area contributed by atoms with E-state index in [1.807, 2.05) is 38.1 Å². The maximum atomic E-state index is 5.44. The van der Waals surface area contributed by atoms with Gasteiger partial charge in [-0.1, -0.05) is 32.8 Å². The largest absolute Gasteiger partial charge is 0.494 e. The fourth-order valence-electron chi connectivity index (χ4n) is 1.77. The topological polar surface area (TPSA) is 18.5 Å². The van der Waals surface area contributed by atoms with Gasteiger partial charge in [0.15, 0.2) is 0 Å². The Morgan fingerprint density at radius 1 is 0.700 bits per heavy atom. The van der Waals surface area contributed by atoms with E-state index < -0.39 is 0 Å². The molecular weight excluding hydrogens is 291 g/mol. The van der Waals surface area contributed by atoms with Gasteiger partial charge in [0.1, 0.15) is 11.5 Å². The molecule has 0 aliphatic carbocycles. The van der Waals surface area contributed by atoms with Crippen LogP contribution in [0.15, 0.2) is 48.5 Å². The zero-order chi connectivity index (χ0) is 13.5. The van der Waals surface area contributed by atoms with Crippen LogP contribution in [0.25, 0.3) is 0 Å². The molecule has 0 aliphatic heterocycles. The minimum Gasteiger partial charge on any atom is -0.494 e. The Balaban J connectivity index is 0.00000200. The van der Waals surface area contributed by atoms with E-state index in [1.54, 1.807) is 0 Å². The van der Waals surface area contributed by atoms with Crippen LogP contribution in [0.4, 0.5) is 0 Å². The number of rotatable bonds is 6. The Morgan fingerprint density at radius 2 is 1.05 bits per heavy atom. The first-order valence-electron chi connectivity index (χ1n) is 6.54. The summed E-state index contributed by atoms with van der Waals surface area (Å²) < 4.78 is 10.9. The Labute approximate surface area is 128 Å². The molecule has 0 N–H and O–H groups in total. The second kappa shape index (κ2) is 8.84. The van der Waals surface area contributed by atoms with Crippen molar-refractivity contribution in [2.75, 3.05) is 13.2 Å². The van der Waals surface area contributed by atoms with E-state index in [0.29, 0.717) is 21.8 Å². The Kier molecular flexibility index (Phi) is 7.43. The summed E-state index contributed by atoms with van der Waals surface area (Å²) in [5.41, 5.74) is 0. The van der Waals surface area contributed by atoms with Crippen molar-refractivity contribution in [3.8, 4) is 11.5 Å². The molecule has 108 valence electrons. The third-order valence-electron chi connectivity index (χ3n) is 2.62. The third-order valence-corrected chi connectivity index (χ3v) is 3.86. The van der Waals surface area contributed by atoms with Crippen LogP contribution < -0.4 is 20.1 Å². The van der Waals surface area contributed by atoms with Crippen molar-refractivity contribution >= 4 is 31.6 Å². The molecule has 0 aliphatic rings. The molecule has 0 saturated heterocycles. The highest BCUT2D eigenvalue weighted by Gasteiger charge is 1.98. The van der Waals surface area contributed by atoms with Gasteiger partial charge in [-0.15, -0.1) is 12.4 Å². The van der Waals surface area contributed by atoms with E-state index >= 15 is 0 Å². The van der Waals surface area contributed by atoms with Crippen LogP contribution >= 0.6 is 21.0 Å². The molecule has 0 atom stereocenters. The number of ether oxygens (including phenoxy) is 2. The molecule has 0 bridgehead atoms. The van der Waals surface area contributed by atoms with E-state index in [-0.39, 0.29) is 12.4 Å². The summed E-state index contributed by atoms with van der Waals surface area (Å²) in [6, 6.07) is 16.6. The molecule has 0 aromatic heterocycles. The van der Waals surface area contributed by atoms with Crippen LogP contribution in [0.3, 0.4) is 0 Å². The summed E-state index contributed by atoms with van der Waals surface area (Å²) in [4.78, 5) is 0. The summed E-state index contributed by atoms with van der Waals surface area (Å²) in [6.07, 6.45) is 0. The maximum Gasteiger partial charge on any atom is 0.119 e. The standard InChI is InChI=1S/C16H19O2P.ClH/c1-3-17-13-5-9-15(10-6-13)19-16-11-7-14(8-12-16)18-4-2;/h5-12,19H,3-4H2,1-2H3;1H. The van der Waals surface area contributed by atoms with Crippen LogP contribution in [0.2, 0.25) is 0 Å². The average Bonchev–Trinajstić information content (AvgIpc) is 2.44. The predicted octanol–water partition coefficient (Wildman–Crippen LogP) is 3.54. The lowest BCUT2D eigenvalue weighted by atomic mass is 10.3. The molecule has 2 aromatic rings. The van der Waals surface area contributed by atoms with Crippen molar-refractivity contribution in [3.05, 3.63) is 48.5 Å². The van der Waals surface area contributed by atoms with Crippen molar-refractivity contribution in [3.63, 3.8) is 0 Å². The second-order valence-corrected chi connectivity index (χ2v) is 5.44. The average molecular weight is 311 g/mol. The minimum atomic E-state index is 0. The first-order valence-corrected chi connectivity index (χ1v) is 7.54. The zero-order valence-electron chi connectivity index (χ0n) is 11.8. The molecule has 20 heavy (non-hydrogen) atoms. The zero-order valence-corrected chi connectivity index (χ0v) is 13.6. The first-order chi connectivity index (χ1) is 9.31. The van der Waals surface area contributed by atoms with Crippen molar-refractivity contribution in [2.45, 2.75) is 13.8 Å². The molecular formula is C16H20ClO2P. The lowest BCUT2D eigenvalue weighted by molar-refractivity contribution is 0.340. The van der Waals surface area contributed by atoms with Gasteiger partial charge in [-0.05, 0) is 48.7 Å². The van der Waals surface area contributed by atoms with E-state index in [1.165, 1.54) is 10.6 Å². The van der Waals surface area contributed by atoms with Crippen molar-refractivity contribution < 1.29 is 9.47 Å². The number of hydrogen-bond donors (Lipinski definition) is 0. The fourth-order valence-corrected chi connectivity index (χ4v) is 2.77. The van der Waals surface area contributed by atoms with Crippen LogP contribution in [0.1, 0.15) is 13.8 Å². The maximum absolute atomic E-state index is 5.44. The summed E-state index contributed by atoms with van der Waals surface area (Å²) in [5, 5.41) is 2.63. The SMILES string of the molecule is CCOc1ccc(Pc2ccc(OCC)cc2)cc1.Cl. The molecule has 0 fully saturated rings. The predicted molar refractivity (Wildman–Crippen MR) is 90.1 cm³/mol. The summed E-state index contributed by atoms with van der Waals surface area (Å²) in [7, 11) is 0.662. The smallest absolute Gasteiger partial charge is 0.119 e. The summed E-state index contributed by atoms with van der Waals surface area (Å²) in [6.45, 7) is 5.41. The Bertz CT molecular complexity index is 449. The van der Waals surface area contributed by atoms with Gasteiger partial charge in [0, 0.05) is 0 Å². The molecule has 0 saturated carbocycles. The Morgan fingerprint density at radius 3 is 1.35 bits per heavy atom. The number of hydrogen-bond acceptors (Lipinski definition) is 2. The lowest BCUT2D eigenvalue weighted by Gasteiger charge is -2.07. The van der Waals surface area contributed by atoms with Gasteiger partial charge in [0.05, 0.1) is 13.2 Å². The highest BCUT2D eigenvalue weighted by Crippen LogP contribution is 2.16.